The number of fused-ring (bicyclic) bond motifs is 1. The van der Waals surface area contributed by atoms with Crippen LogP contribution in [0.1, 0.15) is 0 Å². The van der Waals surface area contributed by atoms with E-state index in [0.717, 1.165) is 6.07 Å². The van der Waals surface area contributed by atoms with Crippen molar-refractivity contribution in [3.63, 3.8) is 0 Å². The number of anilines is 1. The van der Waals surface area contributed by atoms with Gasteiger partial charge in [-0.15, -0.1) is 0 Å². The maximum atomic E-state index is 11.3. The largest absolute Gasteiger partial charge is 1.00 e. The molecular weight excluding hydrogens is 349 g/mol. The van der Waals surface area contributed by atoms with Gasteiger partial charge in [-0.3, -0.25) is 9.11 Å². The quantitative estimate of drug-likeness (QED) is 0.264. The number of hydrogen-bond acceptors (Lipinski definition) is 6. The molecule has 0 aliphatic rings. The normalized spacial score (nSPS) is 12.1. The summed E-state index contributed by atoms with van der Waals surface area (Å²) >= 11 is 0. The molecule has 0 bridgehead atoms. The molecule has 0 unspecified atom stereocenters. The summed E-state index contributed by atoms with van der Waals surface area (Å²) in [4.78, 5) is -1.70. The number of benzene rings is 2. The van der Waals surface area contributed by atoms with Gasteiger partial charge < -0.3 is 10.8 Å². The van der Waals surface area contributed by atoms with Crippen molar-refractivity contribution in [2.75, 3.05) is 5.73 Å². The number of nitrogens with two attached hydrogens (primary N) is 1. The molecule has 0 heterocycles. The molecule has 21 heavy (non-hydrogen) atoms. The van der Waals surface area contributed by atoms with Crippen LogP contribution in [0.15, 0.2) is 34.1 Å². The number of hydrogen-bond donors (Lipinski definition) is 4. The third-order valence-electron chi connectivity index (χ3n) is 2.66. The topological polar surface area (TPSA) is 155 Å². The second kappa shape index (κ2) is 6.10. The fourth-order valence-electron chi connectivity index (χ4n) is 1.85. The third kappa shape index (κ3) is 3.57. The first-order valence-electron chi connectivity index (χ1n) is 5.02. The SMILES string of the molecule is Nc1c(S(=O)(=O)O)cc(S(=O)(=O)O)c2cccc(O)c12.[K+]. The van der Waals surface area contributed by atoms with Crippen LogP contribution in [0.4, 0.5) is 5.69 Å². The van der Waals surface area contributed by atoms with Crippen LogP contribution in [0, 0.1) is 0 Å². The molecule has 108 valence electrons. The van der Waals surface area contributed by atoms with E-state index >= 15 is 0 Å². The third-order valence-corrected chi connectivity index (χ3v) is 4.45. The molecule has 0 aliphatic heterocycles. The van der Waals surface area contributed by atoms with Crippen LogP contribution >= 0.6 is 0 Å². The molecule has 2 aromatic rings. The van der Waals surface area contributed by atoms with Crippen LogP contribution in [-0.4, -0.2) is 31.0 Å². The van der Waals surface area contributed by atoms with Gasteiger partial charge in [0.1, 0.15) is 15.5 Å². The summed E-state index contributed by atoms with van der Waals surface area (Å²) in [6, 6.07) is 4.20. The first-order chi connectivity index (χ1) is 9.03. The van der Waals surface area contributed by atoms with Crippen LogP contribution in [-0.2, 0) is 20.2 Å². The van der Waals surface area contributed by atoms with E-state index in [-0.39, 0.29) is 62.2 Å². The molecule has 2 rings (SSSR count). The van der Waals surface area contributed by atoms with E-state index in [2.05, 4.69) is 0 Å². The minimum atomic E-state index is -4.84. The van der Waals surface area contributed by atoms with Crippen molar-refractivity contribution >= 4 is 36.7 Å². The van der Waals surface area contributed by atoms with E-state index in [1.54, 1.807) is 0 Å². The smallest absolute Gasteiger partial charge is 0.507 e. The zero-order chi connectivity index (χ0) is 15.3. The van der Waals surface area contributed by atoms with E-state index in [0.29, 0.717) is 6.07 Å². The van der Waals surface area contributed by atoms with Crippen LogP contribution in [0.5, 0.6) is 5.75 Å². The number of phenols is 1. The van der Waals surface area contributed by atoms with Crippen LogP contribution in [0.3, 0.4) is 0 Å². The van der Waals surface area contributed by atoms with Crippen LogP contribution in [0.2, 0.25) is 0 Å². The van der Waals surface area contributed by atoms with E-state index in [1.165, 1.54) is 12.1 Å². The van der Waals surface area contributed by atoms with Gasteiger partial charge in [-0.2, -0.15) is 16.8 Å². The van der Waals surface area contributed by atoms with Gasteiger partial charge in [0.2, 0.25) is 0 Å². The fourth-order valence-corrected chi connectivity index (χ4v) is 3.29. The monoisotopic (exact) mass is 358 g/mol. The average molecular weight is 358 g/mol. The van der Waals surface area contributed by atoms with Gasteiger partial charge in [-0.1, -0.05) is 12.1 Å². The van der Waals surface area contributed by atoms with Crippen LogP contribution < -0.4 is 57.1 Å². The second-order valence-electron chi connectivity index (χ2n) is 3.94. The Labute approximate surface area is 162 Å². The van der Waals surface area contributed by atoms with Crippen LogP contribution in [0.25, 0.3) is 10.8 Å². The van der Waals surface area contributed by atoms with Crippen molar-refractivity contribution < 1.29 is 82.4 Å². The van der Waals surface area contributed by atoms with Gasteiger partial charge in [0.25, 0.3) is 20.2 Å². The molecule has 0 fully saturated rings. The minimum absolute atomic E-state index is 0. The van der Waals surface area contributed by atoms with Crippen molar-refractivity contribution in [3.05, 3.63) is 24.3 Å². The van der Waals surface area contributed by atoms with Crippen molar-refractivity contribution in [2.45, 2.75) is 9.79 Å². The molecule has 0 aromatic heterocycles. The molecule has 0 saturated carbocycles. The summed E-state index contributed by atoms with van der Waals surface area (Å²) < 4.78 is 63.2. The summed E-state index contributed by atoms with van der Waals surface area (Å²) in [6.45, 7) is 0. The molecular formula is C10H9KNO7S2+. The Balaban J connectivity index is 0.00000220. The van der Waals surface area contributed by atoms with Gasteiger partial charge in [0, 0.05) is 10.8 Å². The number of nitrogen functional groups attached to an aromatic ring is 1. The Bertz CT molecular complexity index is 922. The van der Waals surface area contributed by atoms with Gasteiger partial charge in [0.15, 0.2) is 0 Å². The summed E-state index contributed by atoms with van der Waals surface area (Å²) in [5.41, 5.74) is 5.02. The second-order valence-corrected chi connectivity index (χ2v) is 6.72. The van der Waals surface area contributed by atoms with Crippen molar-refractivity contribution in [1.82, 2.24) is 0 Å². The molecule has 11 heteroatoms. The molecule has 0 aliphatic carbocycles. The number of phenolic OH excluding ortho intramolecular Hbond substituents is 1. The van der Waals surface area contributed by atoms with Gasteiger partial charge in [-0.05, 0) is 12.1 Å². The first-order valence-corrected chi connectivity index (χ1v) is 7.90. The molecule has 8 nitrogen and oxygen atoms in total. The van der Waals surface area contributed by atoms with Crippen molar-refractivity contribution in [3.8, 4) is 5.75 Å². The van der Waals surface area contributed by atoms with Gasteiger partial charge in [0.05, 0.1) is 5.69 Å². The summed E-state index contributed by atoms with van der Waals surface area (Å²) in [6.07, 6.45) is 0. The molecule has 0 spiro atoms. The predicted octanol–water partition coefficient (Wildman–Crippen LogP) is -2.37. The minimum Gasteiger partial charge on any atom is -0.507 e. The van der Waals surface area contributed by atoms with Gasteiger partial charge >= 0.3 is 51.4 Å². The van der Waals surface area contributed by atoms with E-state index in [4.69, 9.17) is 14.8 Å². The molecule has 0 radical (unpaired) electrons. The van der Waals surface area contributed by atoms with E-state index < -0.39 is 41.5 Å². The fraction of sp³-hybridized carbons (Fsp3) is 0. The summed E-state index contributed by atoms with van der Waals surface area (Å²) in [5, 5.41) is 9.23. The predicted molar refractivity (Wildman–Crippen MR) is 69.7 cm³/mol. The first kappa shape index (κ1) is 18.8. The Kier molecular flexibility index (Phi) is 5.46. The summed E-state index contributed by atoms with van der Waals surface area (Å²) in [5.74, 6) is -0.490. The zero-order valence-corrected chi connectivity index (χ0v) is 15.4. The Hall–Kier alpha value is -0.244. The average Bonchev–Trinajstić information content (AvgIpc) is 2.25. The number of rotatable bonds is 2. The van der Waals surface area contributed by atoms with Crippen molar-refractivity contribution in [1.29, 1.82) is 0 Å². The Morgan fingerprint density at radius 3 is 1.95 bits per heavy atom. The van der Waals surface area contributed by atoms with Gasteiger partial charge in [-0.25, -0.2) is 0 Å². The molecule has 2 aromatic carbocycles. The maximum absolute atomic E-state index is 11.3. The Morgan fingerprint density at radius 1 is 0.952 bits per heavy atom. The molecule has 0 atom stereocenters. The summed E-state index contributed by atoms with van der Waals surface area (Å²) in [7, 11) is -9.62. The maximum Gasteiger partial charge on any atom is 1.00 e. The molecule has 5 N–H and O–H groups in total. The Morgan fingerprint density at radius 2 is 1.48 bits per heavy atom. The standard InChI is InChI=1S/C10H9NO7S2.K/c11-10-8(20(16,17)18)4-7(19(13,14)15)5-2-1-3-6(12)9(5)10;/h1-4,12H,11H2,(H,13,14,15)(H,16,17,18);/q;+1. The molecule has 0 amide bonds. The number of aromatic hydroxyl groups is 1. The van der Waals surface area contributed by atoms with Crippen molar-refractivity contribution in [2.24, 2.45) is 0 Å². The van der Waals surface area contributed by atoms with E-state index in [9.17, 15) is 21.9 Å². The zero-order valence-electron chi connectivity index (χ0n) is 10.7. The molecule has 0 saturated heterocycles. The van der Waals surface area contributed by atoms with E-state index in [1.807, 2.05) is 0 Å².